The third kappa shape index (κ3) is 4.65. The van der Waals surface area contributed by atoms with Crippen LogP contribution in [0.25, 0.3) is 11.1 Å². The number of amides is 1. The number of benzene rings is 2. The Kier molecular flexibility index (Phi) is 6.24. The van der Waals surface area contributed by atoms with Gasteiger partial charge in [0.25, 0.3) is 5.91 Å². The number of carbonyl (C=O) groups excluding carboxylic acids is 2. The zero-order valence-electron chi connectivity index (χ0n) is 16.2. The first-order valence-electron chi connectivity index (χ1n) is 9.49. The molecule has 1 atom stereocenters. The molecular formula is C22H27N3O3. The Balaban J connectivity index is 1.75. The van der Waals surface area contributed by atoms with Crippen LogP contribution in [-0.4, -0.2) is 55.0 Å². The minimum Gasteiger partial charge on any atom is -0.378 e. The molecule has 1 saturated heterocycles. The molecule has 0 saturated carbocycles. The van der Waals surface area contributed by atoms with Crippen LogP contribution in [-0.2, 0) is 16.0 Å². The van der Waals surface area contributed by atoms with Crippen molar-refractivity contribution in [2.75, 3.05) is 32.8 Å². The van der Waals surface area contributed by atoms with E-state index in [-0.39, 0.29) is 18.2 Å². The molecule has 3 rings (SSSR count). The van der Waals surface area contributed by atoms with Crippen LogP contribution in [0, 0.1) is 0 Å². The quantitative estimate of drug-likeness (QED) is 0.792. The Labute approximate surface area is 165 Å². The minimum atomic E-state index is -0.984. The number of rotatable bonds is 6. The van der Waals surface area contributed by atoms with Crippen LogP contribution in [0.4, 0.5) is 0 Å². The molecule has 1 fully saturated rings. The van der Waals surface area contributed by atoms with Gasteiger partial charge in [0, 0.05) is 18.7 Å². The fraction of sp³-hybridized carbons (Fsp3) is 0.364. The maximum atomic E-state index is 12.6. The number of morpholine rings is 1. The molecule has 28 heavy (non-hydrogen) atoms. The summed E-state index contributed by atoms with van der Waals surface area (Å²) < 4.78 is 5.30. The van der Waals surface area contributed by atoms with E-state index in [0.717, 1.165) is 16.7 Å². The van der Waals surface area contributed by atoms with Gasteiger partial charge in [0.15, 0.2) is 5.78 Å². The van der Waals surface area contributed by atoms with Crippen molar-refractivity contribution in [3.8, 4) is 11.1 Å². The van der Waals surface area contributed by atoms with Crippen molar-refractivity contribution in [3.05, 3.63) is 59.7 Å². The Hall–Kier alpha value is -2.54. The van der Waals surface area contributed by atoms with Gasteiger partial charge < -0.3 is 21.1 Å². The van der Waals surface area contributed by atoms with E-state index in [1.54, 1.807) is 6.92 Å². The van der Waals surface area contributed by atoms with Crippen molar-refractivity contribution in [2.24, 2.45) is 11.5 Å². The minimum absolute atomic E-state index is 0.0304. The van der Waals surface area contributed by atoms with Crippen molar-refractivity contribution in [1.29, 1.82) is 0 Å². The smallest absolute Gasteiger partial charge is 0.254 e. The first kappa shape index (κ1) is 20.2. The first-order chi connectivity index (χ1) is 13.4. The van der Waals surface area contributed by atoms with Gasteiger partial charge in [-0.1, -0.05) is 36.4 Å². The molecule has 0 radical (unpaired) electrons. The average molecular weight is 381 g/mol. The molecule has 4 N–H and O–H groups in total. The molecular weight excluding hydrogens is 354 g/mol. The van der Waals surface area contributed by atoms with Crippen LogP contribution in [0.2, 0.25) is 0 Å². The van der Waals surface area contributed by atoms with E-state index in [1.165, 1.54) is 0 Å². The normalized spacial score (nSPS) is 16.5. The number of nitrogens with two attached hydrogens (primary N) is 2. The lowest BCUT2D eigenvalue weighted by molar-refractivity contribution is -0.122. The molecule has 2 aromatic carbocycles. The summed E-state index contributed by atoms with van der Waals surface area (Å²) in [4.78, 5) is 26.3. The molecule has 1 aliphatic heterocycles. The Morgan fingerprint density at radius 2 is 1.75 bits per heavy atom. The fourth-order valence-electron chi connectivity index (χ4n) is 3.37. The number of Topliss-reactive ketones (excluding diaryl/α,β-unsaturated/α-hetero) is 1. The second-order valence-electron chi connectivity index (χ2n) is 7.40. The standard InChI is InChI=1S/C22H27N3O3/c1-22(24,20(26)15-23)14-16-3-2-4-19(13-16)17-5-7-18(8-6-17)21(27)25-9-11-28-12-10-25/h2-8,13H,9-12,14-15,23-24H2,1H3. The summed E-state index contributed by atoms with van der Waals surface area (Å²) in [7, 11) is 0. The van der Waals surface area contributed by atoms with E-state index in [1.807, 2.05) is 53.4 Å². The van der Waals surface area contributed by atoms with Gasteiger partial charge in [-0.2, -0.15) is 0 Å². The summed E-state index contributed by atoms with van der Waals surface area (Å²) in [6, 6.07) is 15.5. The maximum Gasteiger partial charge on any atom is 0.254 e. The van der Waals surface area contributed by atoms with Gasteiger partial charge in [-0.05, 0) is 42.2 Å². The summed E-state index contributed by atoms with van der Waals surface area (Å²) in [5.74, 6) is -0.133. The van der Waals surface area contributed by atoms with E-state index in [2.05, 4.69) is 0 Å². The summed E-state index contributed by atoms with van der Waals surface area (Å²) in [5.41, 5.74) is 14.3. The second-order valence-corrected chi connectivity index (χ2v) is 7.40. The highest BCUT2D eigenvalue weighted by molar-refractivity contribution is 5.94. The number of ether oxygens (including phenoxy) is 1. The maximum absolute atomic E-state index is 12.6. The zero-order chi connectivity index (χ0) is 20.1. The number of hydrogen-bond donors (Lipinski definition) is 2. The number of hydrogen-bond acceptors (Lipinski definition) is 5. The third-order valence-corrected chi connectivity index (χ3v) is 5.08. The van der Waals surface area contributed by atoms with Crippen molar-refractivity contribution in [3.63, 3.8) is 0 Å². The summed E-state index contributed by atoms with van der Waals surface area (Å²) in [6.07, 6.45) is 0.421. The largest absolute Gasteiger partial charge is 0.378 e. The number of carbonyl (C=O) groups is 2. The summed E-state index contributed by atoms with van der Waals surface area (Å²) >= 11 is 0. The van der Waals surface area contributed by atoms with Crippen LogP contribution < -0.4 is 11.5 Å². The molecule has 1 heterocycles. The first-order valence-corrected chi connectivity index (χ1v) is 9.49. The molecule has 0 aliphatic carbocycles. The fourth-order valence-corrected chi connectivity index (χ4v) is 3.37. The summed E-state index contributed by atoms with van der Waals surface area (Å²) in [5, 5.41) is 0. The number of nitrogens with zero attached hydrogens (tertiary/aromatic N) is 1. The topological polar surface area (TPSA) is 98.6 Å². The van der Waals surface area contributed by atoms with Crippen LogP contribution in [0.3, 0.4) is 0 Å². The Morgan fingerprint density at radius 3 is 2.39 bits per heavy atom. The van der Waals surface area contributed by atoms with Crippen molar-refractivity contribution in [1.82, 2.24) is 4.90 Å². The molecule has 148 valence electrons. The van der Waals surface area contributed by atoms with Gasteiger partial charge in [-0.15, -0.1) is 0 Å². The van der Waals surface area contributed by atoms with Crippen molar-refractivity contribution < 1.29 is 14.3 Å². The molecule has 0 aromatic heterocycles. The van der Waals surface area contributed by atoms with E-state index >= 15 is 0 Å². The van der Waals surface area contributed by atoms with Crippen LogP contribution in [0.5, 0.6) is 0 Å². The van der Waals surface area contributed by atoms with Gasteiger partial charge in [-0.25, -0.2) is 0 Å². The molecule has 6 nitrogen and oxygen atoms in total. The van der Waals surface area contributed by atoms with Crippen molar-refractivity contribution in [2.45, 2.75) is 18.9 Å². The zero-order valence-corrected chi connectivity index (χ0v) is 16.2. The average Bonchev–Trinajstić information content (AvgIpc) is 2.73. The van der Waals surface area contributed by atoms with Crippen LogP contribution in [0.1, 0.15) is 22.8 Å². The summed E-state index contributed by atoms with van der Waals surface area (Å²) in [6.45, 7) is 4.07. The Morgan fingerprint density at radius 1 is 1.07 bits per heavy atom. The van der Waals surface area contributed by atoms with E-state index < -0.39 is 5.54 Å². The van der Waals surface area contributed by atoms with Gasteiger partial charge in [0.1, 0.15) is 0 Å². The SMILES string of the molecule is CC(N)(Cc1cccc(-c2ccc(C(=O)N3CCOCC3)cc2)c1)C(=O)CN. The molecule has 1 aliphatic rings. The highest BCUT2D eigenvalue weighted by atomic mass is 16.5. The lowest BCUT2D eigenvalue weighted by Crippen LogP contribution is -2.49. The van der Waals surface area contributed by atoms with Crippen LogP contribution in [0.15, 0.2) is 48.5 Å². The number of ketones is 1. The van der Waals surface area contributed by atoms with Gasteiger partial charge >= 0.3 is 0 Å². The van der Waals surface area contributed by atoms with E-state index in [0.29, 0.717) is 38.3 Å². The second kappa shape index (κ2) is 8.65. The van der Waals surface area contributed by atoms with Crippen molar-refractivity contribution >= 4 is 11.7 Å². The lowest BCUT2D eigenvalue weighted by Gasteiger charge is -2.26. The molecule has 0 bridgehead atoms. The molecule has 6 heteroatoms. The lowest BCUT2D eigenvalue weighted by atomic mass is 9.88. The molecule has 0 spiro atoms. The predicted octanol–water partition coefficient (Wildman–Crippen LogP) is 1.61. The highest BCUT2D eigenvalue weighted by Gasteiger charge is 2.27. The highest BCUT2D eigenvalue weighted by Crippen LogP contribution is 2.23. The van der Waals surface area contributed by atoms with Gasteiger partial charge in [0.2, 0.25) is 0 Å². The van der Waals surface area contributed by atoms with Crippen LogP contribution >= 0.6 is 0 Å². The molecule has 1 unspecified atom stereocenters. The molecule has 2 aromatic rings. The Bertz CT molecular complexity index is 840. The third-order valence-electron chi connectivity index (χ3n) is 5.08. The van der Waals surface area contributed by atoms with Gasteiger partial charge in [0.05, 0.1) is 25.3 Å². The monoisotopic (exact) mass is 381 g/mol. The van der Waals surface area contributed by atoms with E-state index in [9.17, 15) is 9.59 Å². The predicted molar refractivity (Wildman–Crippen MR) is 109 cm³/mol. The molecule has 1 amide bonds. The van der Waals surface area contributed by atoms with Gasteiger partial charge in [-0.3, -0.25) is 9.59 Å². The van der Waals surface area contributed by atoms with E-state index in [4.69, 9.17) is 16.2 Å².